The van der Waals surface area contributed by atoms with E-state index < -0.39 is 0 Å². The first-order chi connectivity index (χ1) is 10.0. The fourth-order valence-corrected chi connectivity index (χ4v) is 3.14. The molecule has 2 N–H and O–H groups in total. The molecule has 1 saturated heterocycles. The Balaban J connectivity index is 2.24. The second-order valence-corrected chi connectivity index (χ2v) is 6.15. The number of rotatable bonds is 5. The van der Waals surface area contributed by atoms with E-state index in [2.05, 4.69) is 4.90 Å². The van der Waals surface area contributed by atoms with Crippen molar-refractivity contribution in [3.05, 3.63) is 28.2 Å². The lowest BCUT2D eigenvalue weighted by Gasteiger charge is -2.36. The Bertz CT molecular complexity index is 523. The van der Waals surface area contributed by atoms with Crippen LogP contribution in [0.5, 0.6) is 5.75 Å². The van der Waals surface area contributed by atoms with Gasteiger partial charge in [0.15, 0.2) is 5.75 Å². The summed E-state index contributed by atoms with van der Waals surface area (Å²) in [6, 6.07) is 2.11. The van der Waals surface area contributed by atoms with Gasteiger partial charge < -0.3 is 14.8 Å². The summed E-state index contributed by atoms with van der Waals surface area (Å²) in [6.45, 7) is 5.97. The lowest BCUT2D eigenvalue weighted by molar-refractivity contribution is 0.109. The maximum atomic E-state index is 11.7. The zero-order valence-corrected chi connectivity index (χ0v) is 13.0. The molecule has 5 heteroatoms. The minimum absolute atomic E-state index is 0.188. The zero-order valence-electron chi connectivity index (χ0n) is 13.0. The van der Waals surface area contributed by atoms with Crippen molar-refractivity contribution in [2.24, 2.45) is 0 Å². The van der Waals surface area contributed by atoms with Crippen LogP contribution in [-0.4, -0.2) is 38.9 Å². The second kappa shape index (κ2) is 7.09. The van der Waals surface area contributed by atoms with Crippen molar-refractivity contribution < 1.29 is 10.2 Å². The molecule has 5 nitrogen and oxygen atoms in total. The molecule has 1 aromatic heterocycles. The van der Waals surface area contributed by atoms with Crippen LogP contribution in [0.1, 0.15) is 51.3 Å². The van der Waals surface area contributed by atoms with Gasteiger partial charge in [-0.25, -0.2) is 0 Å². The number of hydrogen-bond acceptors (Lipinski definition) is 4. The summed E-state index contributed by atoms with van der Waals surface area (Å²) in [5.74, 6) is -0.196. The maximum Gasteiger partial charge on any atom is 0.223 e. The van der Waals surface area contributed by atoms with Crippen molar-refractivity contribution in [3.8, 4) is 5.75 Å². The molecular formula is C16H26N2O3. The summed E-state index contributed by atoms with van der Waals surface area (Å²) in [6.07, 6.45) is 5.78. The fraction of sp³-hybridized carbons (Fsp3) is 0.688. The van der Waals surface area contributed by atoms with E-state index in [-0.39, 0.29) is 23.8 Å². The molecule has 1 fully saturated rings. The number of piperidine rings is 1. The third kappa shape index (κ3) is 3.86. The van der Waals surface area contributed by atoms with Gasteiger partial charge in [-0.1, -0.05) is 6.42 Å². The summed E-state index contributed by atoms with van der Waals surface area (Å²) in [5, 5.41) is 18.8. The van der Waals surface area contributed by atoms with E-state index in [1.807, 2.05) is 18.4 Å². The summed E-state index contributed by atoms with van der Waals surface area (Å²) < 4.78 is 1.96. The highest BCUT2D eigenvalue weighted by molar-refractivity contribution is 5.21. The van der Waals surface area contributed by atoms with Gasteiger partial charge in [0.2, 0.25) is 5.43 Å². The molecule has 0 aromatic carbocycles. The van der Waals surface area contributed by atoms with E-state index in [1.165, 1.54) is 12.6 Å². The summed E-state index contributed by atoms with van der Waals surface area (Å²) in [5.41, 5.74) is 0.607. The Morgan fingerprint density at radius 3 is 2.81 bits per heavy atom. The number of aliphatic hydroxyl groups is 1. The SMILES string of the molecule is CC(C)n1cc(O)c(=O)cc1CN1CCCCC1CCO. The molecule has 0 radical (unpaired) electrons. The van der Waals surface area contributed by atoms with E-state index in [0.29, 0.717) is 12.6 Å². The van der Waals surface area contributed by atoms with Crippen molar-refractivity contribution in [1.82, 2.24) is 9.47 Å². The Morgan fingerprint density at radius 2 is 2.14 bits per heavy atom. The molecule has 1 unspecified atom stereocenters. The van der Waals surface area contributed by atoms with E-state index in [9.17, 15) is 15.0 Å². The topological polar surface area (TPSA) is 65.7 Å². The summed E-state index contributed by atoms with van der Waals surface area (Å²) in [7, 11) is 0. The van der Waals surface area contributed by atoms with Crippen LogP contribution < -0.4 is 5.43 Å². The van der Waals surface area contributed by atoms with Crippen molar-refractivity contribution in [2.45, 2.75) is 58.2 Å². The smallest absolute Gasteiger partial charge is 0.223 e. The van der Waals surface area contributed by atoms with Crippen LogP contribution in [0.3, 0.4) is 0 Å². The minimum atomic E-state index is -0.322. The van der Waals surface area contributed by atoms with Gasteiger partial charge >= 0.3 is 0 Å². The normalized spacial score (nSPS) is 20.1. The highest BCUT2D eigenvalue weighted by Crippen LogP contribution is 2.23. The largest absolute Gasteiger partial charge is 0.503 e. The first-order valence-electron chi connectivity index (χ1n) is 7.82. The molecule has 0 bridgehead atoms. The minimum Gasteiger partial charge on any atom is -0.503 e. The fourth-order valence-electron chi connectivity index (χ4n) is 3.14. The highest BCUT2D eigenvalue weighted by Gasteiger charge is 2.23. The van der Waals surface area contributed by atoms with Gasteiger partial charge in [0, 0.05) is 37.0 Å². The van der Waals surface area contributed by atoms with Gasteiger partial charge in [0.05, 0.1) is 6.20 Å². The predicted molar refractivity (Wildman–Crippen MR) is 82.5 cm³/mol. The van der Waals surface area contributed by atoms with Gasteiger partial charge in [-0.3, -0.25) is 9.69 Å². The molecule has 1 aliphatic rings. The number of likely N-dealkylation sites (tertiary alicyclic amines) is 1. The third-order valence-corrected chi connectivity index (χ3v) is 4.28. The van der Waals surface area contributed by atoms with E-state index >= 15 is 0 Å². The molecule has 2 heterocycles. The van der Waals surface area contributed by atoms with Crippen LogP contribution in [0.15, 0.2) is 17.1 Å². The van der Waals surface area contributed by atoms with Crippen LogP contribution in [0.4, 0.5) is 0 Å². The molecule has 0 spiro atoms. The van der Waals surface area contributed by atoms with Crippen molar-refractivity contribution in [2.75, 3.05) is 13.2 Å². The molecule has 2 rings (SSSR count). The van der Waals surface area contributed by atoms with Crippen LogP contribution in [-0.2, 0) is 6.54 Å². The number of nitrogens with zero attached hydrogens (tertiary/aromatic N) is 2. The average Bonchev–Trinajstić information content (AvgIpc) is 2.44. The number of hydrogen-bond donors (Lipinski definition) is 2. The number of aromatic nitrogens is 1. The van der Waals surface area contributed by atoms with Crippen molar-refractivity contribution >= 4 is 0 Å². The number of aromatic hydroxyl groups is 1. The summed E-state index contributed by atoms with van der Waals surface area (Å²) in [4.78, 5) is 14.1. The van der Waals surface area contributed by atoms with Gasteiger partial charge in [0.1, 0.15) is 0 Å². The maximum absolute atomic E-state index is 11.7. The van der Waals surface area contributed by atoms with Crippen LogP contribution in [0.25, 0.3) is 0 Å². The molecule has 1 atom stereocenters. The summed E-state index contributed by atoms with van der Waals surface area (Å²) >= 11 is 0. The molecule has 118 valence electrons. The van der Waals surface area contributed by atoms with E-state index in [0.717, 1.165) is 31.5 Å². The first kappa shape index (κ1) is 16.0. The Labute approximate surface area is 125 Å². The molecule has 0 saturated carbocycles. The monoisotopic (exact) mass is 294 g/mol. The third-order valence-electron chi connectivity index (χ3n) is 4.28. The van der Waals surface area contributed by atoms with Gasteiger partial charge in [-0.05, 0) is 39.7 Å². The molecule has 0 aliphatic carbocycles. The molecule has 1 aromatic rings. The predicted octanol–water partition coefficient (Wildman–Crippen LogP) is 1.87. The lowest BCUT2D eigenvalue weighted by Crippen LogP contribution is -2.40. The van der Waals surface area contributed by atoms with Crippen molar-refractivity contribution in [3.63, 3.8) is 0 Å². The second-order valence-electron chi connectivity index (χ2n) is 6.15. The van der Waals surface area contributed by atoms with Crippen molar-refractivity contribution in [1.29, 1.82) is 0 Å². The van der Waals surface area contributed by atoms with Gasteiger partial charge in [-0.15, -0.1) is 0 Å². The van der Waals surface area contributed by atoms with E-state index in [4.69, 9.17) is 0 Å². The highest BCUT2D eigenvalue weighted by atomic mass is 16.3. The van der Waals surface area contributed by atoms with Crippen LogP contribution >= 0.6 is 0 Å². The average molecular weight is 294 g/mol. The quantitative estimate of drug-likeness (QED) is 0.870. The standard InChI is InChI=1S/C16H26N2O3/c1-12(2)18-11-16(21)15(20)9-14(18)10-17-7-4-3-5-13(17)6-8-19/h9,11-13,19,21H,3-8,10H2,1-2H3. The Kier molecular flexibility index (Phi) is 5.42. The molecule has 21 heavy (non-hydrogen) atoms. The van der Waals surface area contributed by atoms with Gasteiger partial charge in [-0.2, -0.15) is 0 Å². The van der Waals surface area contributed by atoms with Crippen LogP contribution in [0.2, 0.25) is 0 Å². The Hall–Kier alpha value is -1.33. The zero-order chi connectivity index (χ0) is 15.4. The molecule has 1 aliphatic heterocycles. The molecular weight excluding hydrogens is 268 g/mol. The number of pyridine rings is 1. The number of aliphatic hydroxyl groups excluding tert-OH is 1. The first-order valence-corrected chi connectivity index (χ1v) is 7.82. The molecule has 0 amide bonds. The van der Waals surface area contributed by atoms with Crippen LogP contribution in [0, 0.1) is 0 Å². The van der Waals surface area contributed by atoms with E-state index in [1.54, 1.807) is 6.07 Å². The lowest BCUT2D eigenvalue weighted by atomic mass is 9.99. The van der Waals surface area contributed by atoms with Gasteiger partial charge in [0.25, 0.3) is 0 Å². The Morgan fingerprint density at radius 1 is 1.38 bits per heavy atom.